The van der Waals surface area contributed by atoms with Crippen LogP contribution in [0.1, 0.15) is 45.0 Å². The molecule has 0 aliphatic rings. The number of allylic oxidation sites excluding steroid dienone is 5. The van der Waals surface area contributed by atoms with E-state index in [9.17, 15) is 4.79 Å². The lowest BCUT2D eigenvalue weighted by Crippen LogP contribution is -2.00. The van der Waals surface area contributed by atoms with Gasteiger partial charge >= 0.3 is 0 Å². The third kappa shape index (κ3) is 7.93. The fraction of sp³-hybridized carbons (Fsp3) is 0.278. The van der Waals surface area contributed by atoms with Gasteiger partial charge in [0.1, 0.15) is 0 Å². The Bertz CT molecular complexity index is 397. The molecular formula is C18H26O. The molecule has 0 N–H and O–H groups in total. The van der Waals surface area contributed by atoms with Crippen molar-refractivity contribution >= 4 is 5.78 Å². The predicted octanol–water partition coefficient (Wildman–Crippen LogP) is 5.61. The Balaban J connectivity index is 0. The molecule has 0 amide bonds. The predicted molar refractivity (Wildman–Crippen MR) is 86.6 cm³/mol. The van der Waals surface area contributed by atoms with Crippen LogP contribution in [-0.4, -0.2) is 5.78 Å². The van der Waals surface area contributed by atoms with Gasteiger partial charge < -0.3 is 0 Å². The third-order valence-corrected chi connectivity index (χ3v) is 2.02. The molecular weight excluding hydrogens is 232 g/mol. The molecule has 19 heavy (non-hydrogen) atoms. The monoisotopic (exact) mass is 258 g/mol. The summed E-state index contributed by atoms with van der Waals surface area (Å²) in [5, 5.41) is 0. The number of ketones is 1. The van der Waals surface area contributed by atoms with E-state index in [-0.39, 0.29) is 5.78 Å². The minimum atomic E-state index is 0.0381. The molecule has 1 rings (SSSR count). The highest BCUT2D eigenvalue weighted by Gasteiger charge is 2.07. The van der Waals surface area contributed by atoms with Gasteiger partial charge in [-0.2, -0.15) is 0 Å². The lowest BCUT2D eigenvalue weighted by atomic mass is 10.0. The van der Waals surface area contributed by atoms with E-state index in [2.05, 4.69) is 6.58 Å². The van der Waals surface area contributed by atoms with Crippen molar-refractivity contribution in [3.63, 3.8) is 0 Å². The summed E-state index contributed by atoms with van der Waals surface area (Å²) in [6.07, 6.45) is 6.98. The van der Waals surface area contributed by atoms with Crippen molar-refractivity contribution in [1.82, 2.24) is 0 Å². The molecule has 0 saturated heterocycles. The first-order valence-corrected chi connectivity index (χ1v) is 6.84. The lowest BCUT2D eigenvalue weighted by molar-refractivity contribution is 0.103. The molecule has 1 heteroatoms. The lowest BCUT2D eigenvalue weighted by Gasteiger charge is -2.00. The quantitative estimate of drug-likeness (QED) is 0.390. The molecule has 0 spiro atoms. The van der Waals surface area contributed by atoms with Crippen molar-refractivity contribution in [2.45, 2.75) is 34.6 Å². The zero-order valence-corrected chi connectivity index (χ0v) is 12.8. The smallest absolute Gasteiger partial charge is 0.192 e. The van der Waals surface area contributed by atoms with Gasteiger partial charge in [-0.1, -0.05) is 88.9 Å². The van der Waals surface area contributed by atoms with Crippen LogP contribution in [0.3, 0.4) is 0 Å². The molecule has 0 aromatic heterocycles. The molecule has 0 aliphatic heterocycles. The molecule has 0 radical (unpaired) electrons. The first-order chi connectivity index (χ1) is 9.29. The van der Waals surface area contributed by atoms with E-state index < -0.39 is 0 Å². The molecule has 0 fully saturated rings. The van der Waals surface area contributed by atoms with Gasteiger partial charge in [0.15, 0.2) is 5.78 Å². The second-order valence-electron chi connectivity index (χ2n) is 3.03. The number of benzene rings is 1. The van der Waals surface area contributed by atoms with Crippen LogP contribution in [0.5, 0.6) is 0 Å². The highest BCUT2D eigenvalue weighted by molar-refractivity contribution is 6.10. The first kappa shape index (κ1) is 19.4. The van der Waals surface area contributed by atoms with E-state index >= 15 is 0 Å². The second kappa shape index (κ2) is 14.2. The fourth-order valence-corrected chi connectivity index (χ4v) is 1.23. The van der Waals surface area contributed by atoms with E-state index in [1.54, 1.807) is 24.3 Å². The summed E-state index contributed by atoms with van der Waals surface area (Å²) >= 11 is 0. The molecule has 1 aromatic rings. The minimum absolute atomic E-state index is 0.0381. The van der Waals surface area contributed by atoms with Crippen LogP contribution in [0.2, 0.25) is 0 Å². The van der Waals surface area contributed by atoms with Crippen molar-refractivity contribution in [1.29, 1.82) is 0 Å². The zero-order valence-electron chi connectivity index (χ0n) is 12.8. The van der Waals surface area contributed by atoms with Crippen molar-refractivity contribution in [2.24, 2.45) is 0 Å². The van der Waals surface area contributed by atoms with Gasteiger partial charge in [-0.15, -0.1) is 0 Å². The third-order valence-electron chi connectivity index (χ3n) is 2.02. The Labute approximate surface area is 118 Å². The Kier molecular flexibility index (Phi) is 14.5. The van der Waals surface area contributed by atoms with Gasteiger partial charge in [0.05, 0.1) is 0 Å². The van der Waals surface area contributed by atoms with E-state index in [1.165, 1.54) is 0 Å². The van der Waals surface area contributed by atoms with Crippen LogP contribution >= 0.6 is 0 Å². The van der Waals surface area contributed by atoms with Gasteiger partial charge in [-0.05, 0) is 6.92 Å². The van der Waals surface area contributed by atoms with Crippen LogP contribution < -0.4 is 0 Å². The number of carbonyl (C=O) groups excluding carboxylic acids is 1. The highest BCUT2D eigenvalue weighted by atomic mass is 16.1. The van der Waals surface area contributed by atoms with E-state index in [4.69, 9.17) is 0 Å². The van der Waals surface area contributed by atoms with Crippen LogP contribution in [-0.2, 0) is 0 Å². The number of rotatable bonds is 4. The summed E-state index contributed by atoms with van der Waals surface area (Å²) in [6, 6.07) is 9.24. The number of hydrogen-bond donors (Lipinski definition) is 0. The highest BCUT2D eigenvalue weighted by Crippen LogP contribution is 2.09. The van der Waals surface area contributed by atoms with Gasteiger partial charge in [-0.3, -0.25) is 4.79 Å². The topological polar surface area (TPSA) is 17.1 Å². The molecule has 0 heterocycles. The number of hydrogen-bond acceptors (Lipinski definition) is 1. The maximum Gasteiger partial charge on any atom is 0.192 e. The van der Waals surface area contributed by atoms with E-state index in [0.717, 1.165) is 0 Å². The fourth-order valence-electron chi connectivity index (χ4n) is 1.23. The van der Waals surface area contributed by atoms with Crippen LogP contribution in [0.4, 0.5) is 0 Å². The van der Waals surface area contributed by atoms with Crippen molar-refractivity contribution in [3.05, 3.63) is 72.4 Å². The Morgan fingerprint density at radius 3 is 2.00 bits per heavy atom. The average Bonchev–Trinajstić information content (AvgIpc) is 2.52. The maximum absolute atomic E-state index is 11.9. The molecule has 0 bridgehead atoms. The van der Waals surface area contributed by atoms with Gasteiger partial charge in [0.25, 0.3) is 0 Å². The molecule has 1 nitrogen and oxygen atoms in total. The standard InChI is InChI=1S/C14H14O.2C2H6/c1-3-5-9-12(4-2)14(15)13-10-7-6-8-11-13;2*1-2/h3-11H,1H2,2H3;2*1-2H3/b9-5-,12-4+;;. The normalized spacial score (nSPS) is 9.84. The molecule has 0 unspecified atom stereocenters. The first-order valence-electron chi connectivity index (χ1n) is 6.84. The van der Waals surface area contributed by atoms with Crippen LogP contribution in [0, 0.1) is 0 Å². The summed E-state index contributed by atoms with van der Waals surface area (Å²) in [4.78, 5) is 11.9. The molecule has 104 valence electrons. The Hall–Kier alpha value is -1.89. The molecule has 0 atom stereocenters. The summed E-state index contributed by atoms with van der Waals surface area (Å²) in [5.74, 6) is 0.0381. The zero-order chi connectivity index (χ0) is 15.1. The summed E-state index contributed by atoms with van der Waals surface area (Å²) in [6.45, 7) is 13.4. The summed E-state index contributed by atoms with van der Waals surface area (Å²) in [7, 11) is 0. The SMILES string of the molecule is C=C/C=C\C(=C/C)C(=O)c1ccccc1.CC.CC. The van der Waals surface area contributed by atoms with Crippen molar-refractivity contribution < 1.29 is 4.79 Å². The van der Waals surface area contributed by atoms with Crippen molar-refractivity contribution in [2.75, 3.05) is 0 Å². The van der Waals surface area contributed by atoms with E-state index in [0.29, 0.717) is 11.1 Å². The number of Topliss-reactive ketones (excluding diaryl/α,β-unsaturated/α-hetero) is 1. The molecule has 1 aromatic carbocycles. The summed E-state index contributed by atoms with van der Waals surface area (Å²) < 4.78 is 0. The average molecular weight is 258 g/mol. The van der Waals surface area contributed by atoms with Gasteiger partial charge in [0, 0.05) is 11.1 Å². The van der Waals surface area contributed by atoms with Crippen molar-refractivity contribution in [3.8, 4) is 0 Å². The molecule has 0 aliphatic carbocycles. The molecule has 0 saturated carbocycles. The van der Waals surface area contributed by atoms with E-state index in [1.807, 2.05) is 65.0 Å². The van der Waals surface area contributed by atoms with Gasteiger partial charge in [-0.25, -0.2) is 0 Å². The number of carbonyl (C=O) groups is 1. The Morgan fingerprint density at radius 2 is 1.58 bits per heavy atom. The van der Waals surface area contributed by atoms with Gasteiger partial charge in [0.2, 0.25) is 0 Å². The Morgan fingerprint density at radius 1 is 1.05 bits per heavy atom. The largest absolute Gasteiger partial charge is 0.289 e. The second-order valence-corrected chi connectivity index (χ2v) is 3.03. The maximum atomic E-state index is 11.9. The summed E-state index contributed by atoms with van der Waals surface area (Å²) in [5.41, 5.74) is 1.39. The minimum Gasteiger partial charge on any atom is -0.289 e. The van der Waals surface area contributed by atoms with Crippen LogP contribution in [0.15, 0.2) is 66.8 Å². The van der Waals surface area contributed by atoms with Crippen LogP contribution in [0.25, 0.3) is 0 Å².